The Morgan fingerprint density at radius 3 is 2.89 bits per heavy atom. The zero-order valence-electron chi connectivity index (χ0n) is 5.38. The summed E-state index contributed by atoms with van der Waals surface area (Å²) in [7, 11) is 1.80. The first-order chi connectivity index (χ1) is 4.18. The first-order valence-corrected chi connectivity index (χ1v) is 3.36. The minimum absolute atomic E-state index is 0.671. The van der Waals surface area contributed by atoms with Crippen LogP contribution in [0.3, 0.4) is 0 Å². The van der Waals surface area contributed by atoms with Gasteiger partial charge in [-0.05, 0) is 23.4 Å². The molecule has 0 bridgehead atoms. The summed E-state index contributed by atoms with van der Waals surface area (Å²) in [6.45, 7) is 1.91. The molecular weight excluding hydrogens is 134 g/mol. The molecule has 0 unspecified atom stereocenters. The Balaban J connectivity index is 2.99. The van der Waals surface area contributed by atoms with Crippen LogP contribution in [0.15, 0.2) is 10.1 Å². The molecule has 4 heteroatoms. The largest absolute Gasteiger partial charge is 0.382 e. The summed E-state index contributed by atoms with van der Waals surface area (Å²) in [4.78, 5) is 0. The SMILES string of the molecule is CC1=N[N+](C)=C=C(N)S1. The highest BCUT2D eigenvalue weighted by Crippen LogP contribution is 2.10. The van der Waals surface area contributed by atoms with E-state index >= 15 is 0 Å². The molecule has 48 valence electrons. The average molecular weight is 142 g/mol. The molecule has 0 spiro atoms. The molecule has 0 aromatic carbocycles. The van der Waals surface area contributed by atoms with Gasteiger partial charge in [-0.25, -0.2) is 0 Å². The molecule has 0 aromatic heterocycles. The second kappa shape index (κ2) is 2.25. The van der Waals surface area contributed by atoms with E-state index in [2.05, 4.69) is 11.0 Å². The van der Waals surface area contributed by atoms with Gasteiger partial charge in [0.05, 0.1) is 0 Å². The van der Waals surface area contributed by atoms with E-state index < -0.39 is 0 Å². The average Bonchev–Trinajstić information content (AvgIpc) is 1.59. The topological polar surface area (TPSA) is 41.4 Å². The van der Waals surface area contributed by atoms with Crippen LogP contribution in [0.25, 0.3) is 0 Å². The minimum atomic E-state index is 0.671. The molecule has 3 nitrogen and oxygen atoms in total. The van der Waals surface area contributed by atoms with Crippen LogP contribution in [0.1, 0.15) is 6.92 Å². The quantitative estimate of drug-likeness (QED) is 0.490. The number of hydrazone groups is 1. The Bertz CT molecular complexity index is 222. The third kappa shape index (κ3) is 1.59. The predicted octanol–water partition coefficient (Wildman–Crippen LogP) is 0.179. The molecule has 0 saturated heterocycles. The molecule has 2 N–H and O–H groups in total. The maximum Gasteiger partial charge on any atom is 0.234 e. The molecule has 9 heavy (non-hydrogen) atoms. The monoisotopic (exact) mass is 142 g/mol. The third-order valence-corrected chi connectivity index (χ3v) is 1.51. The van der Waals surface area contributed by atoms with Gasteiger partial charge in [0, 0.05) is 5.10 Å². The maximum absolute atomic E-state index is 5.46. The highest BCUT2D eigenvalue weighted by Gasteiger charge is 2.07. The van der Waals surface area contributed by atoms with Crippen molar-refractivity contribution in [1.29, 1.82) is 0 Å². The van der Waals surface area contributed by atoms with Crippen molar-refractivity contribution in [1.82, 2.24) is 0 Å². The van der Waals surface area contributed by atoms with Gasteiger partial charge in [0.25, 0.3) is 0 Å². The van der Waals surface area contributed by atoms with Crippen molar-refractivity contribution >= 4 is 22.7 Å². The second-order valence-corrected chi connectivity index (χ2v) is 2.96. The fourth-order valence-electron chi connectivity index (χ4n) is 0.598. The van der Waals surface area contributed by atoms with E-state index in [1.807, 2.05) is 6.92 Å². The molecule has 0 aliphatic carbocycles. The highest BCUT2D eigenvalue weighted by molar-refractivity contribution is 8.17. The van der Waals surface area contributed by atoms with Crippen molar-refractivity contribution in [3.63, 3.8) is 0 Å². The molecule has 0 radical (unpaired) electrons. The van der Waals surface area contributed by atoms with Gasteiger partial charge in [-0.3, -0.25) is 0 Å². The van der Waals surface area contributed by atoms with Gasteiger partial charge in [-0.1, -0.05) is 0 Å². The Hall–Kier alpha value is -0.730. The third-order valence-electron chi connectivity index (χ3n) is 0.820. The summed E-state index contributed by atoms with van der Waals surface area (Å²) >= 11 is 1.44. The smallest absolute Gasteiger partial charge is 0.234 e. The van der Waals surface area contributed by atoms with Gasteiger partial charge in [0.15, 0.2) is 12.1 Å². The lowest BCUT2D eigenvalue weighted by molar-refractivity contribution is -0.495. The number of hydrogen-bond acceptors (Lipinski definition) is 3. The molecule has 1 aliphatic rings. The van der Waals surface area contributed by atoms with Crippen LogP contribution in [0.5, 0.6) is 0 Å². The fraction of sp³-hybridized carbons (Fsp3) is 0.400. The van der Waals surface area contributed by atoms with E-state index in [9.17, 15) is 0 Å². The van der Waals surface area contributed by atoms with Crippen molar-refractivity contribution < 1.29 is 4.68 Å². The number of rotatable bonds is 0. The van der Waals surface area contributed by atoms with Gasteiger partial charge in [-0.15, -0.1) is 0 Å². The first-order valence-electron chi connectivity index (χ1n) is 2.54. The van der Waals surface area contributed by atoms with Crippen LogP contribution in [0, 0.1) is 0 Å². The summed E-state index contributed by atoms with van der Waals surface area (Å²) in [5, 5.41) is 5.66. The molecule has 1 heterocycles. The summed E-state index contributed by atoms with van der Waals surface area (Å²) in [5.41, 5.74) is 5.46. The molecule has 0 saturated carbocycles. The molecule has 0 fully saturated rings. The van der Waals surface area contributed by atoms with Gasteiger partial charge >= 0.3 is 0 Å². The van der Waals surface area contributed by atoms with E-state index in [4.69, 9.17) is 5.73 Å². The zero-order chi connectivity index (χ0) is 6.85. The highest BCUT2D eigenvalue weighted by atomic mass is 32.2. The number of nitrogens with zero attached hydrogens (tertiary/aromatic N) is 2. The molecular formula is C5H8N3S+. The molecule has 1 aliphatic heterocycles. The first kappa shape index (κ1) is 6.39. The fourth-order valence-corrected chi connectivity index (χ4v) is 1.26. The normalized spacial score (nSPS) is 18.2. The van der Waals surface area contributed by atoms with Gasteiger partial charge in [0.1, 0.15) is 5.04 Å². The lowest BCUT2D eigenvalue weighted by Gasteiger charge is -1.95. The summed E-state index contributed by atoms with van der Waals surface area (Å²) in [6, 6.07) is 0. The van der Waals surface area contributed by atoms with E-state index in [0.29, 0.717) is 5.03 Å². The van der Waals surface area contributed by atoms with E-state index in [0.717, 1.165) is 5.04 Å². The molecule has 0 atom stereocenters. The number of hydrogen-bond donors (Lipinski definition) is 1. The molecule has 1 rings (SSSR count). The summed E-state index contributed by atoms with van der Waals surface area (Å²) in [6.07, 6.45) is 0. The lowest BCUT2D eigenvalue weighted by atomic mass is 10.9. The number of thioether (sulfide) groups is 1. The maximum atomic E-state index is 5.46. The van der Waals surface area contributed by atoms with E-state index in [1.165, 1.54) is 11.8 Å². The molecule has 0 aromatic rings. The Kier molecular flexibility index (Phi) is 1.60. The van der Waals surface area contributed by atoms with Crippen molar-refractivity contribution in [3.8, 4) is 0 Å². The summed E-state index contributed by atoms with van der Waals surface area (Å²) in [5.74, 6) is 2.81. The van der Waals surface area contributed by atoms with Gasteiger partial charge < -0.3 is 5.73 Å². The van der Waals surface area contributed by atoms with Crippen molar-refractivity contribution in [2.45, 2.75) is 6.92 Å². The van der Waals surface area contributed by atoms with Gasteiger partial charge in [0.2, 0.25) is 5.87 Å². The van der Waals surface area contributed by atoms with E-state index in [-0.39, 0.29) is 0 Å². The van der Waals surface area contributed by atoms with Crippen LogP contribution < -0.4 is 5.73 Å². The van der Waals surface area contributed by atoms with Crippen LogP contribution in [-0.2, 0) is 0 Å². The van der Waals surface area contributed by atoms with Crippen molar-refractivity contribution in [2.75, 3.05) is 7.05 Å². The Labute approximate surface area is 57.9 Å². The summed E-state index contributed by atoms with van der Waals surface area (Å²) < 4.78 is 1.58. The second-order valence-electron chi connectivity index (χ2n) is 1.72. The van der Waals surface area contributed by atoms with Crippen LogP contribution >= 0.6 is 11.8 Å². The minimum Gasteiger partial charge on any atom is -0.382 e. The predicted molar refractivity (Wildman–Crippen MR) is 39.6 cm³/mol. The van der Waals surface area contributed by atoms with E-state index in [1.54, 1.807) is 11.7 Å². The number of nitrogens with two attached hydrogens (primary N) is 1. The Morgan fingerprint density at radius 1 is 1.78 bits per heavy atom. The van der Waals surface area contributed by atoms with Gasteiger partial charge in [-0.2, -0.15) is 0 Å². The zero-order valence-corrected chi connectivity index (χ0v) is 6.20. The van der Waals surface area contributed by atoms with Crippen LogP contribution in [0.4, 0.5) is 0 Å². The van der Waals surface area contributed by atoms with Crippen LogP contribution in [0.2, 0.25) is 0 Å². The molecule has 0 amide bonds. The standard InChI is InChI=1S/C5H8N3S/c1-4-7-8(2)3-5(6)9-4/h6H2,1-2H3/q+1. The Morgan fingerprint density at radius 2 is 2.44 bits per heavy atom. The lowest BCUT2D eigenvalue weighted by Crippen LogP contribution is -2.08. The van der Waals surface area contributed by atoms with Crippen molar-refractivity contribution in [3.05, 3.63) is 5.03 Å². The van der Waals surface area contributed by atoms with Crippen molar-refractivity contribution in [2.24, 2.45) is 10.8 Å². The van der Waals surface area contributed by atoms with Crippen LogP contribution in [-0.4, -0.2) is 22.6 Å².